The molecule has 0 aliphatic carbocycles. The molecule has 1 aliphatic rings. The number of rotatable bonds is 10. The standard InChI is InChI=1S/C29H35N5O4S/c1-38-25-11-7-6-10-24(25)28(35)33-26(29(15-20-31-21-16-29)23-8-4-3-5-9-23)27(34-39(2,36)37)32-19-14-22-12-17-30-18-13-22/h3-13,17-18,26,31H,14-16,19-21H2,1-2H3,(H,32,34)(H,33,35). The molecule has 3 aromatic rings. The van der Waals surface area contributed by atoms with Gasteiger partial charge in [0.15, 0.2) is 0 Å². The lowest BCUT2D eigenvalue weighted by Crippen LogP contribution is -2.61. The molecule has 3 N–H and O–H groups in total. The Balaban J connectivity index is 1.81. The Morgan fingerprint density at radius 3 is 2.38 bits per heavy atom. The summed E-state index contributed by atoms with van der Waals surface area (Å²) in [6.07, 6.45) is 6.45. The highest BCUT2D eigenvalue weighted by atomic mass is 32.2. The Bertz CT molecular complexity index is 1380. The van der Waals surface area contributed by atoms with Crippen molar-refractivity contribution in [1.29, 1.82) is 0 Å². The Kier molecular flexibility index (Phi) is 9.32. The fourth-order valence-electron chi connectivity index (χ4n) is 5.12. The van der Waals surface area contributed by atoms with Crippen molar-refractivity contribution in [2.75, 3.05) is 33.0 Å². The third-order valence-corrected chi connectivity index (χ3v) is 7.60. The number of pyridine rings is 1. The number of para-hydroxylation sites is 1. The van der Waals surface area contributed by atoms with E-state index in [1.54, 1.807) is 36.7 Å². The monoisotopic (exact) mass is 549 g/mol. The average molecular weight is 550 g/mol. The van der Waals surface area contributed by atoms with Crippen molar-refractivity contribution in [3.05, 3.63) is 95.8 Å². The van der Waals surface area contributed by atoms with Crippen molar-refractivity contribution in [1.82, 2.24) is 20.3 Å². The van der Waals surface area contributed by atoms with Gasteiger partial charge >= 0.3 is 0 Å². The molecule has 1 fully saturated rings. The first-order chi connectivity index (χ1) is 18.8. The summed E-state index contributed by atoms with van der Waals surface area (Å²) in [6, 6.07) is 19.9. The summed E-state index contributed by atoms with van der Waals surface area (Å²) < 4.78 is 33.3. The fraction of sp³-hybridized carbons (Fsp3) is 0.345. The molecule has 0 radical (unpaired) electrons. The average Bonchev–Trinajstić information content (AvgIpc) is 2.96. The van der Waals surface area contributed by atoms with Crippen LogP contribution in [-0.4, -0.2) is 64.2 Å². The number of hydrogen-bond acceptors (Lipinski definition) is 7. The molecule has 0 saturated carbocycles. The minimum absolute atomic E-state index is 0.209. The number of carbonyl (C=O) groups is 1. The van der Waals surface area contributed by atoms with Crippen LogP contribution in [0, 0.1) is 0 Å². The second kappa shape index (κ2) is 12.9. The van der Waals surface area contributed by atoms with E-state index in [-0.39, 0.29) is 11.7 Å². The Labute approximate surface area is 230 Å². The molecule has 0 bridgehead atoms. The number of aliphatic imine (C=N–C) groups is 1. The van der Waals surface area contributed by atoms with E-state index in [1.807, 2.05) is 42.5 Å². The van der Waals surface area contributed by atoms with Gasteiger partial charge in [-0.1, -0.05) is 42.5 Å². The van der Waals surface area contributed by atoms with Crippen LogP contribution in [0.5, 0.6) is 5.75 Å². The van der Waals surface area contributed by atoms with Crippen LogP contribution >= 0.6 is 0 Å². The molecule has 2 aromatic carbocycles. The van der Waals surface area contributed by atoms with Gasteiger partial charge < -0.3 is 15.4 Å². The highest BCUT2D eigenvalue weighted by Crippen LogP contribution is 2.38. The van der Waals surface area contributed by atoms with Crippen molar-refractivity contribution in [2.45, 2.75) is 30.7 Å². The zero-order chi connectivity index (χ0) is 27.7. The smallest absolute Gasteiger partial charge is 0.255 e. The lowest BCUT2D eigenvalue weighted by atomic mass is 9.67. The van der Waals surface area contributed by atoms with Crippen LogP contribution < -0.4 is 20.1 Å². The second-order valence-corrected chi connectivity index (χ2v) is 11.4. The topological polar surface area (TPSA) is 122 Å². The molecule has 1 atom stereocenters. The van der Waals surface area contributed by atoms with Gasteiger partial charge in [0.25, 0.3) is 5.91 Å². The van der Waals surface area contributed by atoms with Gasteiger partial charge in [-0.2, -0.15) is 0 Å². The summed E-state index contributed by atoms with van der Waals surface area (Å²) in [5, 5.41) is 6.58. The van der Waals surface area contributed by atoms with Crippen molar-refractivity contribution in [3.63, 3.8) is 0 Å². The number of ether oxygens (including phenoxy) is 1. The highest BCUT2D eigenvalue weighted by molar-refractivity contribution is 7.89. The molecule has 39 heavy (non-hydrogen) atoms. The van der Waals surface area contributed by atoms with E-state index >= 15 is 0 Å². The number of benzene rings is 2. The second-order valence-electron chi connectivity index (χ2n) is 9.63. The number of methoxy groups -OCH3 is 1. The third kappa shape index (κ3) is 7.21. The normalized spacial score (nSPS) is 16.2. The Morgan fingerprint density at radius 2 is 1.72 bits per heavy atom. The molecular weight excluding hydrogens is 514 g/mol. The van der Waals surface area contributed by atoms with E-state index in [2.05, 4.69) is 20.3 Å². The Hall–Kier alpha value is -3.76. The molecule has 1 unspecified atom stereocenters. The molecule has 1 aliphatic heterocycles. The van der Waals surface area contributed by atoms with Crippen molar-refractivity contribution >= 4 is 21.8 Å². The first-order valence-electron chi connectivity index (χ1n) is 12.9. The molecule has 9 nitrogen and oxygen atoms in total. The molecule has 1 saturated heterocycles. The fourth-order valence-corrected chi connectivity index (χ4v) is 5.69. The number of sulfonamides is 1. The summed E-state index contributed by atoms with van der Waals surface area (Å²) in [5.74, 6) is 0.268. The summed E-state index contributed by atoms with van der Waals surface area (Å²) in [6.45, 7) is 1.74. The van der Waals surface area contributed by atoms with Gasteiger partial charge in [-0.25, -0.2) is 8.42 Å². The first-order valence-corrected chi connectivity index (χ1v) is 14.8. The molecule has 10 heteroatoms. The highest BCUT2D eigenvalue weighted by Gasteiger charge is 2.45. The van der Waals surface area contributed by atoms with E-state index in [4.69, 9.17) is 9.73 Å². The summed E-state index contributed by atoms with van der Waals surface area (Å²) in [4.78, 5) is 22.6. The van der Waals surface area contributed by atoms with Gasteiger partial charge in [0.1, 0.15) is 11.6 Å². The maximum Gasteiger partial charge on any atom is 0.255 e. The lowest BCUT2D eigenvalue weighted by molar-refractivity contribution is 0.0918. The Morgan fingerprint density at radius 1 is 1.05 bits per heavy atom. The van der Waals surface area contributed by atoms with Gasteiger partial charge in [0, 0.05) is 24.4 Å². The van der Waals surface area contributed by atoms with E-state index in [9.17, 15) is 13.2 Å². The zero-order valence-corrected chi connectivity index (χ0v) is 23.1. The number of aromatic nitrogens is 1. The van der Waals surface area contributed by atoms with Gasteiger partial charge in [0.05, 0.1) is 25.0 Å². The van der Waals surface area contributed by atoms with Crippen LogP contribution in [0.1, 0.15) is 34.3 Å². The van der Waals surface area contributed by atoms with Crippen LogP contribution in [0.2, 0.25) is 0 Å². The van der Waals surface area contributed by atoms with E-state index in [0.717, 1.165) is 17.4 Å². The number of nitrogens with zero attached hydrogens (tertiary/aromatic N) is 2. The van der Waals surface area contributed by atoms with Gasteiger partial charge in [0.2, 0.25) is 10.0 Å². The van der Waals surface area contributed by atoms with Crippen LogP contribution in [0.25, 0.3) is 0 Å². The maximum absolute atomic E-state index is 13.8. The minimum Gasteiger partial charge on any atom is -0.496 e. The van der Waals surface area contributed by atoms with Gasteiger partial charge in [-0.3, -0.25) is 19.5 Å². The van der Waals surface area contributed by atoms with Crippen LogP contribution in [0.4, 0.5) is 0 Å². The lowest BCUT2D eigenvalue weighted by Gasteiger charge is -2.45. The maximum atomic E-state index is 13.8. The molecule has 4 rings (SSSR count). The zero-order valence-electron chi connectivity index (χ0n) is 22.3. The molecule has 0 spiro atoms. The van der Waals surface area contributed by atoms with Crippen molar-refractivity contribution < 1.29 is 17.9 Å². The van der Waals surface area contributed by atoms with Crippen molar-refractivity contribution in [3.8, 4) is 5.75 Å². The summed E-state index contributed by atoms with van der Waals surface area (Å²) >= 11 is 0. The van der Waals surface area contributed by atoms with E-state index < -0.39 is 21.5 Å². The number of amidine groups is 1. The van der Waals surface area contributed by atoms with Crippen LogP contribution in [0.3, 0.4) is 0 Å². The number of piperidine rings is 1. The first kappa shape index (κ1) is 28.3. The number of carbonyl (C=O) groups excluding carboxylic acids is 1. The van der Waals surface area contributed by atoms with Crippen molar-refractivity contribution in [2.24, 2.45) is 4.99 Å². The molecule has 1 amide bonds. The van der Waals surface area contributed by atoms with Gasteiger partial charge in [-0.05, 0) is 67.7 Å². The number of nitrogens with one attached hydrogen (secondary N) is 3. The predicted molar refractivity (Wildman–Crippen MR) is 153 cm³/mol. The minimum atomic E-state index is -3.71. The van der Waals surface area contributed by atoms with Gasteiger partial charge in [-0.15, -0.1) is 0 Å². The number of amides is 1. The molecular formula is C29H35N5O4S. The third-order valence-electron chi connectivity index (χ3n) is 7.02. The molecule has 206 valence electrons. The van der Waals surface area contributed by atoms with E-state index in [1.165, 1.54) is 7.11 Å². The molecule has 2 heterocycles. The predicted octanol–water partition coefficient (Wildman–Crippen LogP) is 2.70. The summed E-state index contributed by atoms with van der Waals surface area (Å²) in [5.41, 5.74) is 1.78. The summed E-state index contributed by atoms with van der Waals surface area (Å²) in [7, 11) is -2.19. The van der Waals surface area contributed by atoms with Crippen LogP contribution in [-0.2, 0) is 21.9 Å². The van der Waals surface area contributed by atoms with E-state index in [0.29, 0.717) is 50.2 Å². The number of hydrogen-bond donors (Lipinski definition) is 3. The molecule has 1 aromatic heterocycles. The van der Waals surface area contributed by atoms with Crippen LogP contribution in [0.15, 0.2) is 84.1 Å². The largest absolute Gasteiger partial charge is 0.496 e. The SMILES string of the molecule is COc1ccccc1C(=O)NC(C(=NCCc1ccncc1)NS(C)(=O)=O)C1(c2ccccc2)CCNCC1. The quantitative estimate of drug-likeness (QED) is 0.264.